The zero-order chi connectivity index (χ0) is 22.4. The van der Waals surface area contributed by atoms with Crippen molar-refractivity contribution >= 4 is 45.2 Å². The maximum Gasteiger partial charge on any atom is 0.338 e. The topological polar surface area (TPSA) is 104 Å². The third-order valence-corrected chi connectivity index (χ3v) is 5.21. The molecule has 0 atom stereocenters. The van der Waals surface area contributed by atoms with Crippen molar-refractivity contribution in [1.29, 1.82) is 0 Å². The van der Waals surface area contributed by atoms with E-state index in [2.05, 4.69) is 10.9 Å². The molecule has 2 aromatic carbocycles. The number of hydrogen-bond acceptors (Lipinski definition) is 6. The molecule has 0 aliphatic heterocycles. The minimum Gasteiger partial charge on any atom is -0.462 e. The quantitative estimate of drug-likeness (QED) is 0.194. The third kappa shape index (κ3) is 5.12. The Labute approximate surface area is 181 Å². The largest absolute Gasteiger partial charge is 0.462 e. The highest BCUT2D eigenvalue weighted by atomic mass is 32.1. The second kappa shape index (κ2) is 9.65. The van der Waals surface area contributed by atoms with E-state index < -0.39 is 16.8 Å². The van der Waals surface area contributed by atoms with Crippen molar-refractivity contribution < 1.29 is 19.2 Å². The van der Waals surface area contributed by atoms with Crippen LogP contribution in [-0.2, 0) is 16.1 Å². The lowest BCUT2D eigenvalue weighted by Crippen LogP contribution is -2.15. The van der Waals surface area contributed by atoms with Gasteiger partial charge in [0.1, 0.15) is 0 Å². The van der Waals surface area contributed by atoms with E-state index in [0.717, 1.165) is 10.2 Å². The summed E-state index contributed by atoms with van der Waals surface area (Å²) in [5, 5.41) is 10.7. The predicted molar refractivity (Wildman–Crippen MR) is 117 cm³/mol. The molecule has 0 radical (unpaired) electrons. The van der Waals surface area contributed by atoms with Crippen LogP contribution in [0.2, 0.25) is 0 Å². The monoisotopic (exact) mass is 435 g/mol. The van der Waals surface area contributed by atoms with Crippen LogP contribution in [0, 0.1) is 22.5 Å². The molecule has 3 rings (SSSR count). The SMILES string of the molecule is C#CCn1c(=NC(=O)/C=C\c2ccc([N+](=O)[O-])cc2)sc2cc(C(=O)OCC)ccc21. The minimum atomic E-state index is -0.513. The number of carbonyl (C=O) groups excluding carboxylic acids is 2. The molecule has 0 bridgehead atoms. The van der Waals surface area contributed by atoms with Gasteiger partial charge in [0.2, 0.25) is 0 Å². The first-order valence-corrected chi connectivity index (χ1v) is 9.99. The summed E-state index contributed by atoms with van der Waals surface area (Å²) in [6.45, 7) is 2.21. The van der Waals surface area contributed by atoms with Crippen molar-refractivity contribution in [2.45, 2.75) is 13.5 Å². The van der Waals surface area contributed by atoms with Gasteiger partial charge in [0, 0.05) is 18.2 Å². The van der Waals surface area contributed by atoms with Crippen molar-refractivity contribution in [2.75, 3.05) is 6.61 Å². The van der Waals surface area contributed by atoms with E-state index >= 15 is 0 Å². The molecule has 0 fully saturated rings. The molecule has 3 aromatic rings. The summed E-state index contributed by atoms with van der Waals surface area (Å²) in [7, 11) is 0. The number of esters is 1. The van der Waals surface area contributed by atoms with Gasteiger partial charge in [0.25, 0.3) is 11.6 Å². The number of nitro benzene ring substituents is 1. The van der Waals surface area contributed by atoms with Crippen LogP contribution in [0.3, 0.4) is 0 Å². The second-order valence-corrected chi connectivity index (χ2v) is 7.22. The van der Waals surface area contributed by atoms with Gasteiger partial charge >= 0.3 is 5.97 Å². The summed E-state index contributed by atoms with van der Waals surface area (Å²) in [5.41, 5.74) is 1.75. The van der Waals surface area contributed by atoms with Crippen molar-refractivity contribution in [2.24, 2.45) is 4.99 Å². The van der Waals surface area contributed by atoms with Gasteiger partial charge in [-0.15, -0.1) is 6.42 Å². The normalized spacial score (nSPS) is 11.5. The molecular formula is C22H17N3O5S. The molecule has 9 heteroatoms. The molecular weight excluding hydrogens is 418 g/mol. The van der Waals surface area contributed by atoms with Gasteiger partial charge in [0.05, 0.1) is 33.9 Å². The Kier molecular flexibility index (Phi) is 6.74. The Morgan fingerprint density at radius 2 is 2.03 bits per heavy atom. The smallest absolute Gasteiger partial charge is 0.338 e. The van der Waals surface area contributed by atoms with Gasteiger partial charge in [-0.25, -0.2) is 4.79 Å². The van der Waals surface area contributed by atoms with Crippen molar-refractivity contribution in [1.82, 2.24) is 4.57 Å². The van der Waals surface area contributed by atoms with E-state index in [0.29, 0.717) is 15.9 Å². The third-order valence-electron chi connectivity index (χ3n) is 4.17. The van der Waals surface area contributed by atoms with Gasteiger partial charge < -0.3 is 9.30 Å². The van der Waals surface area contributed by atoms with E-state index in [-0.39, 0.29) is 18.8 Å². The molecule has 156 valence electrons. The molecule has 8 nitrogen and oxygen atoms in total. The average Bonchev–Trinajstić information content (AvgIpc) is 3.09. The Bertz CT molecular complexity index is 1290. The maximum absolute atomic E-state index is 12.4. The fourth-order valence-corrected chi connectivity index (χ4v) is 3.82. The highest BCUT2D eigenvalue weighted by molar-refractivity contribution is 7.16. The van der Waals surface area contributed by atoms with Crippen LogP contribution >= 0.6 is 11.3 Å². The molecule has 1 heterocycles. The zero-order valence-corrected chi connectivity index (χ0v) is 17.3. The van der Waals surface area contributed by atoms with Gasteiger partial charge in [-0.05, 0) is 48.9 Å². The number of fused-ring (bicyclic) bond motifs is 1. The summed E-state index contributed by atoms with van der Waals surface area (Å²) in [6, 6.07) is 10.9. The van der Waals surface area contributed by atoms with Crippen LogP contribution in [0.1, 0.15) is 22.8 Å². The lowest BCUT2D eigenvalue weighted by Gasteiger charge is -2.02. The molecule has 0 spiro atoms. The van der Waals surface area contributed by atoms with E-state index in [9.17, 15) is 19.7 Å². The molecule has 0 aliphatic carbocycles. The van der Waals surface area contributed by atoms with Gasteiger partial charge in [-0.1, -0.05) is 17.3 Å². The van der Waals surface area contributed by atoms with E-state index in [1.807, 2.05) is 0 Å². The molecule has 0 unspecified atom stereocenters. The number of hydrogen-bond donors (Lipinski definition) is 0. The van der Waals surface area contributed by atoms with Gasteiger partial charge in [-0.2, -0.15) is 4.99 Å². The van der Waals surface area contributed by atoms with Crippen LogP contribution in [0.15, 0.2) is 53.5 Å². The van der Waals surface area contributed by atoms with Crippen LogP contribution in [0.4, 0.5) is 5.69 Å². The van der Waals surface area contributed by atoms with Crippen LogP contribution in [0.5, 0.6) is 0 Å². The second-order valence-electron chi connectivity index (χ2n) is 6.21. The lowest BCUT2D eigenvalue weighted by molar-refractivity contribution is -0.384. The van der Waals surface area contributed by atoms with E-state index in [1.54, 1.807) is 29.7 Å². The maximum atomic E-state index is 12.4. The van der Waals surface area contributed by atoms with Crippen LogP contribution < -0.4 is 4.80 Å². The number of aromatic nitrogens is 1. The van der Waals surface area contributed by atoms with Gasteiger partial charge in [-0.3, -0.25) is 14.9 Å². The van der Waals surface area contributed by atoms with Crippen LogP contribution in [0.25, 0.3) is 16.3 Å². The number of rotatable bonds is 6. The number of nitrogens with zero attached hydrogens (tertiary/aromatic N) is 3. The molecule has 1 amide bonds. The van der Waals surface area contributed by atoms with E-state index in [4.69, 9.17) is 11.2 Å². The first-order chi connectivity index (χ1) is 14.9. The highest BCUT2D eigenvalue weighted by Crippen LogP contribution is 2.20. The summed E-state index contributed by atoms with van der Waals surface area (Å²) >= 11 is 1.23. The molecule has 31 heavy (non-hydrogen) atoms. The highest BCUT2D eigenvalue weighted by Gasteiger charge is 2.12. The summed E-state index contributed by atoms with van der Waals surface area (Å²) < 4.78 is 7.48. The predicted octanol–water partition coefficient (Wildman–Crippen LogP) is 3.56. The molecule has 0 saturated heterocycles. The van der Waals surface area contributed by atoms with Gasteiger partial charge in [0.15, 0.2) is 4.80 Å². The average molecular weight is 435 g/mol. The minimum absolute atomic E-state index is 0.0315. The van der Waals surface area contributed by atoms with E-state index in [1.165, 1.54) is 47.8 Å². The summed E-state index contributed by atoms with van der Waals surface area (Å²) in [6.07, 6.45) is 8.26. The molecule has 0 N–H and O–H groups in total. The number of thiazole rings is 1. The Balaban J connectivity index is 1.93. The Hall–Kier alpha value is -4.03. The number of amides is 1. The number of benzene rings is 2. The van der Waals surface area contributed by atoms with Crippen molar-refractivity contribution in [3.05, 3.63) is 74.6 Å². The lowest BCUT2D eigenvalue weighted by atomic mass is 10.2. The van der Waals surface area contributed by atoms with Crippen molar-refractivity contribution in [3.8, 4) is 12.3 Å². The number of nitro groups is 1. The first kappa shape index (κ1) is 21.7. The number of ether oxygens (including phenoxy) is 1. The molecule has 1 aromatic heterocycles. The fraction of sp³-hybridized carbons (Fsp3) is 0.136. The number of non-ortho nitro benzene ring substituents is 1. The van der Waals surface area contributed by atoms with Crippen molar-refractivity contribution in [3.63, 3.8) is 0 Å². The first-order valence-electron chi connectivity index (χ1n) is 9.18. The summed E-state index contributed by atoms with van der Waals surface area (Å²) in [4.78, 5) is 39.1. The van der Waals surface area contributed by atoms with Crippen LogP contribution in [-0.4, -0.2) is 28.0 Å². The standard InChI is InChI=1S/C22H17N3O5S/c1-3-13-24-18-11-8-16(21(27)30-4-2)14-19(18)31-22(24)23-20(26)12-7-15-5-9-17(10-6-15)25(28)29/h1,5-12,14H,4,13H2,2H3/b12-7-,23-22?. The number of carbonyl (C=O) groups is 2. The molecule has 0 saturated carbocycles. The molecule has 0 aliphatic rings. The number of terminal acetylenes is 1. The summed E-state index contributed by atoms with van der Waals surface area (Å²) in [5.74, 6) is 1.60. The zero-order valence-electron chi connectivity index (χ0n) is 16.5. The fourth-order valence-electron chi connectivity index (χ4n) is 2.75. The Morgan fingerprint density at radius 3 is 2.68 bits per heavy atom. The Morgan fingerprint density at radius 1 is 1.29 bits per heavy atom.